The van der Waals surface area contributed by atoms with Crippen LogP contribution in [-0.2, 0) is 17.6 Å². The standard InChI is InChI=1S/C17H24N2O/c18-13-17(8-3-9-17)12-16(20)19-10-6-14-4-1-2-5-15(14)7-11-19/h1-2,4-5H,3,6-13,18H2. The van der Waals surface area contributed by atoms with Crippen molar-refractivity contribution in [3.63, 3.8) is 0 Å². The summed E-state index contributed by atoms with van der Waals surface area (Å²) in [7, 11) is 0. The van der Waals surface area contributed by atoms with Gasteiger partial charge in [0.25, 0.3) is 0 Å². The van der Waals surface area contributed by atoms with Gasteiger partial charge in [-0.05, 0) is 48.8 Å². The zero-order chi connectivity index (χ0) is 14.0. The van der Waals surface area contributed by atoms with Gasteiger partial charge in [0.1, 0.15) is 0 Å². The van der Waals surface area contributed by atoms with E-state index >= 15 is 0 Å². The molecule has 1 heterocycles. The number of amides is 1. The molecule has 108 valence electrons. The third-order valence-electron chi connectivity index (χ3n) is 5.15. The van der Waals surface area contributed by atoms with Crippen LogP contribution in [0, 0.1) is 5.41 Å². The molecule has 3 heteroatoms. The summed E-state index contributed by atoms with van der Waals surface area (Å²) in [6.07, 6.45) is 6.11. The third kappa shape index (κ3) is 2.59. The lowest BCUT2D eigenvalue weighted by atomic mass is 9.66. The molecule has 0 aromatic heterocycles. The highest BCUT2D eigenvalue weighted by atomic mass is 16.2. The number of carbonyl (C=O) groups is 1. The third-order valence-corrected chi connectivity index (χ3v) is 5.15. The molecule has 0 bridgehead atoms. The number of hydrogen-bond acceptors (Lipinski definition) is 2. The Kier molecular flexibility index (Phi) is 3.79. The van der Waals surface area contributed by atoms with Crippen LogP contribution in [0.2, 0.25) is 0 Å². The van der Waals surface area contributed by atoms with E-state index in [1.165, 1.54) is 17.5 Å². The summed E-state index contributed by atoms with van der Waals surface area (Å²) < 4.78 is 0. The van der Waals surface area contributed by atoms with Gasteiger partial charge < -0.3 is 10.6 Å². The van der Waals surface area contributed by atoms with E-state index in [0.717, 1.165) is 38.8 Å². The molecule has 2 N–H and O–H groups in total. The van der Waals surface area contributed by atoms with Gasteiger partial charge in [0, 0.05) is 19.5 Å². The first-order valence-corrected chi connectivity index (χ1v) is 7.77. The molecule has 1 amide bonds. The predicted octanol–water partition coefficient (Wildman–Crippen LogP) is 2.13. The second kappa shape index (κ2) is 5.57. The Bertz CT molecular complexity index is 461. The minimum absolute atomic E-state index is 0.121. The van der Waals surface area contributed by atoms with Crippen molar-refractivity contribution in [3.8, 4) is 0 Å². The van der Waals surface area contributed by atoms with Crippen LogP contribution in [0.3, 0.4) is 0 Å². The summed E-state index contributed by atoms with van der Waals surface area (Å²) in [4.78, 5) is 14.6. The van der Waals surface area contributed by atoms with Crippen molar-refractivity contribution in [2.45, 2.75) is 38.5 Å². The Hall–Kier alpha value is -1.35. The summed E-state index contributed by atoms with van der Waals surface area (Å²) >= 11 is 0. The Morgan fingerprint density at radius 1 is 1.15 bits per heavy atom. The van der Waals surface area contributed by atoms with Crippen molar-refractivity contribution in [2.24, 2.45) is 11.1 Å². The van der Waals surface area contributed by atoms with Crippen molar-refractivity contribution < 1.29 is 4.79 Å². The van der Waals surface area contributed by atoms with Crippen LogP contribution in [0.4, 0.5) is 0 Å². The molecule has 0 spiro atoms. The maximum absolute atomic E-state index is 12.5. The molecule has 1 aromatic rings. The van der Waals surface area contributed by atoms with E-state index in [9.17, 15) is 4.79 Å². The number of nitrogens with two attached hydrogens (primary N) is 1. The van der Waals surface area contributed by atoms with Gasteiger partial charge in [-0.1, -0.05) is 30.7 Å². The van der Waals surface area contributed by atoms with E-state index in [2.05, 4.69) is 29.2 Å². The van der Waals surface area contributed by atoms with Gasteiger partial charge in [0.2, 0.25) is 5.91 Å². The average Bonchev–Trinajstić information content (AvgIpc) is 2.65. The van der Waals surface area contributed by atoms with Crippen molar-refractivity contribution in [2.75, 3.05) is 19.6 Å². The van der Waals surface area contributed by atoms with Crippen LogP contribution in [-0.4, -0.2) is 30.4 Å². The molecule has 0 atom stereocenters. The monoisotopic (exact) mass is 272 g/mol. The molecular formula is C17H24N2O. The Morgan fingerprint density at radius 2 is 1.75 bits per heavy atom. The van der Waals surface area contributed by atoms with Crippen LogP contribution < -0.4 is 5.73 Å². The number of benzene rings is 1. The zero-order valence-electron chi connectivity index (χ0n) is 12.1. The van der Waals surface area contributed by atoms with E-state index < -0.39 is 0 Å². The van der Waals surface area contributed by atoms with Crippen LogP contribution in [0.15, 0.2) is 24.3 Å². The lowest BCUT2D eigenvalue weighted by molar-refractivity contribution is -0.135. The summed E-state index contributed by atoms with van der Waals surface area (Å²) in [5.41, 5.74) is 8.80. The Labute approximate surface area is 121 Å². The number of carbonyl (C=O) groups excluding carboxylic acids is 1. The first-order chi connectivity index (χ1) is 9.72. The molecule has 2 aliphatic rings. The summed E-state index contributed by atoms with van der Waals surface area (Å²) in [6.45, 7) is 2.37. The number of rotatable bonds is 3. The van der Waals surface area contributed by atoms with Crippen LogP contribution >= 0.6 is 0 Å². The van der Waals surface area contributed by atoms with Crippen molar-refractivity contribution >= 4 is 5.91 Å². The number of nitrogens with zero attached hydrogens (tertiary/aromatic N) is 1. The van der Waals surface area contributed by atoms with Crippen LogP contribution in [0.5, 0.6) is 0 Å². The number of fused-ring (bicyclic) bond motifs is 1. The fraction of sp³-hybridized carbons (Fsp3) is 0.588. The summed E-state index contributed by atoms with van der Waals surface area (Å²) in [6, 6.07) is 8.56. The van der Waals surface area contributed by atoms with Gasteiger partial charge in [0.05, 0.1) is 0 Å². The topological polar surface area (TPSA) is 46.3 Å². The molecule has 1 aromatic carbocycles. The van der Waals surface area contributed by atoms with Gasteiger partial charge >= 0.3 is 0 Å². The fourth-order valence-corrected chi connectivity index (χ4v) is 3.48. The van der Waals surface area contributed by atoms with E-state index in [1.807, 2.05) is 0 Å². The molecule has 1 fully saturated rings. The van der Waals surface area contributed by atoms with E-state index in [4.69, 9.17) is 5.73 Å². The first kappa shape index (κ1) is 13.6. The summed E-state index contributed by atoms with van der Waals surface area (Å²) in [5, 5.41) is 0. The highest BCUT2D eigenvalue weighted by Crippen LogP contribution is 2.43. The normalized spacial score (nSPS) is 20.8. The Balaban J connectivity index is 1.63. The van der Waals surface area contributed by atoms with E-state index in [0.29, 0.717) is 18.9 Å². The van der Waals surface area contributed by atoms with Crippen molar-refractivity contribution in [1.82, 2.24) is 4.90 Å². The van der Waals surface area contributed by atoms with Gasteiger partial charge in [-0.2, -0.15) is 0 Å². The lowest BCUT2D eigenvalue weighted by Crippen LogP contribution is -2.44. The highest BCUT2D eigenvalue weighted by Gasteiger charge is 2.38. The average molecular weight is 272 g/mol. The molecule has 20 heavy (non-hydrogen) atoms. The van der Waals surface area contributed by atoms with Gasteiger partial charge in [-0.25, -0.2) is 0 Å². The molecule has 3 nitrogen and oxygen atoms in total. The minimum atomic E-state index is 0.121. The maximum atomic E-state index is 12.5. The summed E-state index contributed by atoms with van der Waals surface area (Å²) in [5.74, 6) is 0.308. The molecule has 0 saturated heterocycles. The van der Waals surface area contributed by atoms with Crippen LogP contribution in [0.25, 0.3) is 0 Å². The predicted molar refractivity (Wildman–Crippen MR) is 80.4 cm³/mol. The van der Waals surface area contributed by atoms with Gasteiger partial charge in [0.15, 0.2) is 0 Å². The van der Waals surface area contributed by atoms with Gasteiger partial charge in [-0.3, -0.25) is 4.79 Å². The number of hydrogen-bond donors (Lipinski definition) is 1. The SMILES string of the molecule is NCC1(CC(=O)N2CCc3ccccc3CC2)CCC1. The van der Waals surface area contributed by atoms with E-state index in [-0.39, 0.29) is 5.41 Å². The minimum Gasteiger partial charge on any atom is -0.342 e. The largest absolute Gasteiger partial charge is 0.342 e. The molecule has 0 unspecified atom stereocenters. The molecule has 3 rings (SSSR count). The highest BCUT2D eigenvalue weighted by molar-refractivity contribution is 5.77. The van der Waals surface area contributed by atoms with Crippen molar-refractivity contribution in [3.05, 3.63) is 35.4 Å². The van der Waals surface area contributed by atoms with Gasteiger partial charge in [-0.15, -0.1) is 0 Å². The molecule has 1 aliphatic carbocycles. The quantitative estimate of drug-likeness (QED) is 0.916. The molecule has 1 saturated carbocycles. The second-order valence-electron chi connectivity index (χ2n) is 6.38. The maximum Gasteiger partial charge on any atom is 0.223 e. The Morgan fingerprint density at radius 3 is 2.20 bits per heavy atom. The first-order valence-electron chi connectivity index (χ1n) is 7.77. The smallest absolute Gasteiger partial charge is 0.223 e. The second-order valence-corrected chi connectivity index (χ2v) is 6.38. The molecule has 0 radical (unpaired) electrons. The lowest BCUT2D eigenvalue weighted by Gasteiger charge is -2.41. The van der Waals surface area contributed by atoms with Crippen LogP contribution in [0.1, 0.15) is 36.8 Å². The van der Waals surface area contributed by atoms with Crippen molar-refractivity contribution in [1.29, 1.82) is 0 Å². The molecular weight excluding hydrogens is 248 g/mol. The van der Waals surface area contributed by atoms with E-state index in [1.54, 1.807) is 0 Å². The fourth-order valence-electron chi connectivity index (χ4n) is 3.48. The molecule has 1 aliphatic heterocycles. The zero-order valence-corrected chi connectivity index (χ0v) is 12.1.